The van der Waals surface area contributed by atoms with Crippen molar-refractivity contribution in [2.45, 2.75) is 16.2 Å². The van der Waals surface area contributed by atoms with Crippen molar-refractivity contribution in [3.63, 3.8) is 0 Å². The molecule has 0 aliphatic carbocycles. The Bertz CT molecular complexity index is 1760. The van der Waals surface area contributed by atoms with Crippen LogP contribution in [0.5, 0.6) is 11.5 Å². The van der Waals surface area contributed by atoms with Crippen molar-refractivity contribution in [1.29, 1.82) is 0 Å². The van der Waals surface area contributed by atoms with Gasteiger partial charge in [-0.3, -0.25) is 19.2 Å². The second-order valence-electron chi connectivity index (χ2n) is 9.49. The fourth-order valence-corrected chi connectivity index (χ4v) is 7.61. The summed E-state index contributed by atoms with van der Waals surface area (Å²) in [5.74, 6) is -3.30. The minimum absolute atomic E-state index is 0.251. The summed E-state index contributed by atoms with van der Waals surface area (Å²) >= 11 is 2.10. The van der Waals surface area contributed by atoms with E-state index in [4.69, 9.17) is 9.47 Å². The molecular weight excluding hydrogens is 588 g/mol. The molecule has 2 aliphatic heterocycles. The molecule has 3 atom stereocenters. The summed E-state index contributed by atoms with van der Waals surface area (Å²) < 4.78 is 37.9. The number of benzene rings is 3. The van der Waals surface area contributed by atoms with Gasteiger partial charge >= 0.3 is 4.87 Å². The zero-order valence-corrected chi connectivity index (χ0v) is 23.4. The van der Waals surface area contributed by atoms with Crippen LogP contribution in [-0.2, 0) is 14.4 Å². The van der Waals surface area contributed by atoms with E-state index in [0.29, 0.717) is 21.2 Å². The Morgan fingerprint density at radius 3 is 2.33 bits per heavy atom. The van der Waals surface area contributed by atoms with Gasteiger partial charge in [0.15, 0.2) is 18.1 Å². The van der Waals surface area contributed by atoms with Gasteiger partial charge in [0.2, 0.25) is 11.8 Å². The maximum Gasteiger partial charge on any atom is 0.305 e. The highest BCUT2D eigenvalue weighted by molar-refractivity contribution is 8.00. The molecule has 0 radical (unpaired) electrons. The molecule has 0 bridgehead atoms. The van der Waals surface area contributed by atoms with Crippen LogP contribution in [0.1, 0.15) is 16.4 Å². The van der Waals surface area contributed by atoms with Crippen LogP contribution >= 0.6 is 23.1 Å². The standard InChI is InChI=1S/C29H21F2N3O6S2/c1-39-20-12-14(2-11-19(20)40-13-21(35)32-17-7-3-15(30)4-8-17)22-23-25(41-26-24(22)42-29(38)33-26)28(37)34(27(23)36)18-9-5-16(31)6-10-18/h2-12,22-23,25H,13H2,1H3,(H,32,35)(H,33,38). The minimum Gasteiger partial charge on any atom is -0.493 e. The highest BCUT2D eigenvalue weighted by atomic mass is 32.2. The fourth-order valence-electron chi connectivity index (χ4n) is 5.09. The number of carbonyl (C=O) groups is 3. The lowest BCUT2D eigenvalue weighted by atomic mass is 9.83. The summed E-state index contributed by atoms with van der Waals surface area (Å²) in [6, 6.07) is 15.3. The van der Waals surface area contributed by atoms with Gasteiger partial charge in [-0.15, -0.1) is 0 Å². The SMILES string of the molecule is COc1cc(C2c3sc(=O)[nH]c3SC3C(=O)N(c4ccc(F)cc4)C(=O)C32)ccc1OCC(=O)Nc1ccc(F)cc1. The number of imide groups is 1. The monoisotopic (exact) mass is 609 g/mol. The lowest BCUT2D eigenvalue weighted by Crippen LogP contribution is -2.32. The third kappa shape index (κ3) is 5.05. The molecule has 1 fully saturated rings. The van der Waals surface area contributed by atoms with E-state index in [-0.39, 0.29) is 28.7 Å². The van der Waals surface area contributed by atoms with E-state index in [1.807, 2.05) is 0 Å². The van der Waals surface area contributed by atoms with Gasteiger partial charge in [0, 0.05) is 16.5 Å². The topological polar surface area (TPSA) is 118 Å². The lowest BCUT2D eigenvalue weighted by Gasteiger charge is -2.30. The number of halogens is 2. The highest BCUT2D eigenvalue weighted by Gasteiger charge is 2.56. The molecule has 13 heteroatoms. The van der Waals surface area contributed by atoms with Gasteiger partial charge in [-0.05, 0) is 66.2 Å². The molecule has 3 heterocycles. The number of hydrogen-bond donors (Lipinski definition) is 2. The molecule has 3 amide bonds. The molecule has 4 aromatic rings. The predicted molar refractivity (Wildman–Crippen MR) is 152 cm³/mol. The number of nitrogens with one attached hydrogen (secondary N) is 2. The number of ether oxygens (including phenoxy) is 2. The summed E-state index contributed by atoms with van der Waals surface area (Å²) in [5.41, 5.74) is 1.27. The predicted octanol–water partition coefficient (Wildman–Crippen LogP) is 4.54. The smallest absolute Gasteiger partial charge is 0.305 e. The fraction of sp³-hybridized carbons (Fsp3) is 0.172. The van der Waals surface area contributed by atoms with E-state index >= 15 is 0 Å². The Hall–Kier alpha value is -4.49. The molecule has 3 unspecified atom stereocenters. The molecular formula is C29H21F2N3O6S2. The van der Waals surface area contributed by atoms with Crippen LogP contribution in [0.2, 0.25) is 0 Å². The Morgan fingerprint density at radius 2 is 1.64 bits per heavy atom. The van der Waals surface area contributed by atoms with Crippen LogP contribution in [0.15, 0.2) is 76.6 Å². The van der Waals surface area contributed by atoms with Gasteiger partial charge in [0.25, 0.3) is 5.91 Å². The first kappa shape index (κ1) is 27.7. The van der Waals surface area contributed by atoms with E-state index in [1.54, 1.807) is 18.2 Å². The summed E-state index contributed by atoms with van der Waals surface area (Å²) in [7, 11) is 1.42. The number of rotatable bonds is 7. The molecule has 42 heavy (non-hydrogen) atoms. The van der Waals surface area contributed by atoms with E-state index in [1.165, 1.54) is 55.6 Å². The van der Waals surface area contributed by atoms with E-state index in [0.717, 1.165) is 28.0 Å². The number of carbonyl (C=O) groups excluding carboxylic acids is 3. The van der Waals surface area contributed by atoms with Crippen molar-refractivity contribution in [2.75, 3.05) is 23.9 Å². The van der Waals surface area contributed by atoms with Crippen molar-refractivity contribution in [3.8, 4) is 11.5 Å². The molecule has 6 rings (SSSR count). The van der Waals surface area contributed by atoms with Crippen LogP contribution in [-0.4, -0.2) is 41.7 Å². The van der Waals surface area contributed by atoms with Crippen LogP contribution in [0.3, 0.4) is 0 Å². The molecule has 0 spiro atoms. The van der Waals surface area contributed by atoms with Gasteiger partial charge in [0.05, 0.1) is 23.7 Å². The van der Waals surface area contributed by atoms with Crippen LogP contribution in [0, 0.1) is 17.6 Å². The van der Waals surface area contributed by atoms with Gasteiger partial charge < -0.3 is 19.8 Å². The summed E-state index contributed by atoms with van der Waals surface area (Å²) in [5, 5.41) is 2.30. The number of thioether (sulfide) groups is 1. The van der Waals surface area contributed by atoms with Crippen molar-refractivity contribution in [3.05, 3.63) is 98.5 Å². The number of fused-ring (bicyclic) bond motifs is 2. The van der Waals surface area contributed by atoms with Crippen LogP contribution in [0.4, 0.5) is 20.2 Å². The molecule has 0 saturated carbocycles. The second kappa shape index (κ2) is 11.1. The van der Waals surface area contributed by atoms with Crippen LogP contribution in [0.25, 0.3) is 0 Å². The quantitative estimate of drug-likeness (QED) is 0.296. The van der Waals surface area contributed by atoms with Crippen molar-refractivity contribution < 1.29 is 32.6 Å². The van der Waals surface area contributed by atoms with Gasteiger partial charge in [-0.25, -0.2) is 13.7 Å². The Balaban J connectivity index is 1.29. The van der Waals surface area contributed by atoms with Crippen molar-refractivity contribution in [2.24, 2.45) is 5.92 Å². The van der Waals surface area contributed by atoms with E-state index in [9.17, 15) is 28.0 Å². The summed E-state index contributed by atoms with van der Waals surface area (Å²) in [6.45, 7) is -0.360. The maximum atomic E-state index is 13.8. The number of H-pyrrole nitrogens is 1. The van der Waals surface area contributed by atoms with Crippen molar-refractivity contribution >= 4 is 52.2 Å². The number of thiazole rings is 1. The van der Waals surface area contributed by atoms with Gasteiger partial charge in [-0.2, -0.15) is 0 Å². The number of amides is 3. The highest BCUT2D eigenvalue weighted by Crippen LogP contribution is 2.53. The second-order valence-corrected chi connectivity index (χ2v) is 11.7. The molecule has 214 valence electrons. The lowest BCUT2D eigenvalue weighted by molar-refractivity contribution is -0.122. The average Bonchev–Trinajstić information content (AvgIpc) is 3.47. The third-order valence-corrected chi connectivity index (χ3v) is 9.34. The Kier molecular flexibility index (Phi) is 7.29. The van der Waals surface area contributed by atoms with E-state index < -0.39 is 46.4 Å². The molecule has 3 aromatic carbocycles. The minimum atomic E-state index is -0.843. The first-order valence-corrected chi connectivity index (χ1v) is 14.3. The number of aromatic amines is 1. The Labute approximate surface area is 245 Å². The molecule has 2 N–H and O–H groups in total. The molecule has 2 aliphatic rings. The first-order chi connectivity index (χ1) is 20.2. The van der Waals surface area contributed by atoms with Gasteiger partial charge in [-0.1, -0.05) is 29.2 Å². The maximum absolute atomic E-state index is 13.8. The van der Waals surface area contributed by atoms with Crippen molar-refractivity contribution in [1.82, 2.24) is 4.98 Å². The average molecular weight is 610 g/mol. The molecule has 9 nitrogen and oxygen atoms in total. The number of nitrogens with zero attached hydrogens (tertiary/aromatic N) is 1. The number of methoxy groups -OCH3 is 1. The molecule has 1 aromatic heterocycles. The molecule has 1 saturated heterocycles. The Morgan fingerprint density at radius 1 is 0.952 bits per heavy atom. The largest absolute Gasteiger partial charge is 0.493 e. The first-order valence-electron chi connectivity index (χ1n) is 12.6. The summed E-state index contributed by atoms with van der Waals surface area (Å²) in [4.78, 5) is 56.2. The zero-order valence-electron chi connectivity index (χ0n) is 21.8. The third-order valence-electron chi connectivity index (χ3n) is 6.94. The zero-order chi connectivity index (χ0) is 29.5. The summed E-state index contributed by atoms with van der Waals surface area (Å²) in [6.07, 6.45) is 0. The van der Waals surface area contributed by atoms with E-state index in [2.05, 4.69) is 10.3 Å². The van der Waals surface area contributed by atoms with Gasteiger partial charge in [0.1, 0.15) is 16.9 Å². The number of aromatic nitrogens is 1. The van der Waals surface area contributed by atoms with Crippen LogP contribution < -0.4 is 24.6 Å². The number of hydrogen-bond acceptors (Lipinski definition) is 8. The normalized spacial score (nSPS) is 19.3. The number of anilines is 2.